The number of rotatable bonds is 6. The lowest BCUT2D eigenvalue weighted by Gasteiger charge is -2.26. The topological polar surface area (TPSA) is 98.7 Å². The smallest absolute Gasteiger partial charge is 0.313 e. The molecule has 1 aromatic carbocycles. The van der Waals surface area contributed by atoms with Gasteiger partial charge in [0.15, 0.2) is 5.16 Å². The number of carboxylic acids is 1. The SMILES string of the molecule is CC(C)[C@H]1Cc2c(sc3c2c(=O)n(Cc2ccccc2)c2nnc(SCC(=O)O)n32)CO1. The maximum absolute atomic E-state index is 13.8. The second kappa shape index (κ2) is 8.34. The van der Waals surface area contributed by atoms with E-state index in [1.165, 1.54) is 11.3 Å². The van der Waals surface area contributed by atoms with E-state index in [0.717, 1.165) is 32.6 Å². The Bertz CT molecular complexity index is 1370. The van der Waals surface area contributed by atoms with E-state index in [4.69, 9.17) is 9.84 Å². The van der Waals surface area contributed by atoms with E-state index in [-0.39, 0.29) is 17.4 Å². The first-order valence-corrected chi connectivity index (χ1v) is 12.2. The standard InChI is InChI=1S/C22H22N4O4S2/c1-12(2)15-8-14-16(10-30-15)32-20-18(14)19(29)25(9-13-6-4-3-5-7-13)21-23-24-22(26(20)21)31-11-17(27)28/h3-7,12,15H,8-11H2,1-2H3,(H,27,28)/t15-/m1/s1. The number of carboxylic acid groups (broad SMARTS) is 1. The number of carbonyl (C=O) groups is 1. The Morgan fingerprint density at radius 2 is 2.09 bits per heavy atom. The molecule has 0 amide bonds. The highest BCUT2D eigenvalue weighted by Gasteiger charge is 2.30. The zero-order valence-corrected chi connectivity index (χ0v) is 19.3. The van der Waals surface area contributed by atoms with E-state index in [1.54, 1.807) is 4.57 Å². The Morgan fingerprint density at radius 1 is 1.31 bits per heavy atom. The molecule has 1 atom stereocenters. The number of aromatic nitrogens is 4. The minimum atomic E-state index is -0.931. The molecule has 4 aromatic rings. The molecule has 0 unspecified atom stereocenters. The molecule has 1 N–H and O–H groups in total. The summed E-state index contributed by atoms with van der Waals surface area (Å²) in [6, 6.07) is 9.74. The van der Waals surface area contributed by atoms with Gasteiger partial charge in [-0.1, -0.05) is 55.9 Å². The minimum absolute atomic E-state index is 0.0553. The van der Waals surface area contributed by atoms with Crippen LogP contribution < -0.4 is 5.56 Å². The van der Waals surface area contributed by atoms with Gasteiger partial charge in [-0.05, 0) is 17.0 Å². The van der Waals surface area contributed by atoms with Gasteiger partial charge in [-0.3, -0.25) is 14.2 Å². The third-order valence-electron chi connectivity index (χ3n) is 5.68. The summed E-state index contributed by atoms with van der Waals surface area (Å²) in [5.74, 6) is -0.313. The minimum Gasteiger partial charge on any atom is -0.481 e. The van der Waals surface area contributed by atoms with Gasteiger partial charge in [0, 0.05) is 11.3 Å². The Labute approximate surface area is 191 Å². The maximum Gasteiger partial charge on any atom is 0.313 e. The molecule has 32 heavy (non-hydrogen) atoms. The van der Waals surface area contributed by atoms with Crippen molar-refractivity contribution >= 4 is 45.1 Å². The average Bonchev–Trinajstić information content (AvgIpc) is 3.36. The number of fused-ring (bicyclic) bond motifs is 5. The molecule has 0 saturated heterocycles. The molecule has 8 nitrogen and oxygen atoms in total. The zero-order valence-electron chi connectivity index (χ0n) is 17.6. The fourth-order valence-corrected chi connectivity index (χ4v) is 6.00. The Morgan fingerprint density at radius 3 is 2.81 bits per heavy atom. The summed E-state index contributed by atoms with van der Waals surface area (Å²) >= 11 is 2.61. The van der Waals surface area contributed by atoms with E-state index >= 15 is 0 Å². The van der Waals surface area contributed by atoms with E-state index in [2.05, 4.69) is 24.0 Å². The van der Waals surface area contributed by atoms with Gasteiger partial charge in [0.25, 0.3) is 5.56 Å². The lowest BCUT2D eigenvalue weighted by molar-refractivity contribution is -0.133. The van der Waals surface area contributed by atoms with Crippen molar-refractivity contribution in [2.45, 2.75) is 44.7 Å². The van der Waals surface area contributed by atoms with E-state index < -0.39 is 5.97 Å². The molecule has 1 aliphatic heterocycles. The number of aliphatic carboxylic acids is 1. The number of ether oxygens (including phenoxy) is 1. The van der Waals surface area contributed by atoms with Crippen LogP contribution in [-0.2, 0) is 29.1 Å². The van der Waals surface area contributed by atoms with Crippen LogP contribution >= 0.6 is 23.1 Å². The van der Waals surface area contributed by atoms with Gasteiger partial charge in [-0.25, -0.2) is 4.40 Å². The van der Waals surface area contributed by atoms with Crippen molar-refractivity contribution in [2.75, 3.05) is 5.75 Å². The van der Waals surface area contributed by atoms with Gasteiger partial charge in [0.2, 0.25) is 5.78 Å². The van der Waals surface area contributed by atoms with Crippen molar-refractivity contribution in [1.82, 2.24) is 19.2 Å². The molecule has 10 heteroatoms. The molecule has 1 aliphatic rings. The Kier molecular flexibility index (Phi) is 5.52. The predicted octanol–water partition coefficient (Wildman–Crippen LogP) is 3.43. The van der Waals surface area contributed by atoms with Crippen molar-refractivity contribution in [3.05, 3.63) is 56.7 Å². The van der Waals surface area contributed by atoms with Crippen molar-refractivity contribution in [1.29, 1.82) is 0 Å². The summed E-state index contributed by atoms with van der Waals surface area (Å²) in [5.41, 5.74) is 1.91. The third kappa shape index (κ3) is 3.62. The normalized spacial score (nSPS) is 16.2. The quantitative estimate of drug-likeness (QED) is 0.431. The molecule has 0 bridgehead atoms. The van der Waals surface area contributed by atoms with Crippen LogP contribution in [0.25, 0.3) is 16.0 Å². The van der Waals surface area contributed by atoms with Gasteiger partial charge in [0.1, 0.15) is 4.83 Å². The van der Waals surface area contributed by atoms with Crippen LogP contribution in [0.5, 0.6) is 0 Å². The number of benzene rings is 1. The maximum atomic E-state index is 13.8. The molecule has 0 aliphatic carbocycles. The van der Waals surface area contributed by atoms with Crippen molar-refractivity contribution in [3.8, 4) is 0 Å². The van der Waals surface area contributed by atoms with Crippen LogP contribution in [-0.4, -0.2) is 42.1 Å². The van der Waals surface area contributed by atoms with E-state index in [1.807, 2.05) is 34.7 Å². The summed E-state index contributed by atoms with van der Waals surface area (Å²) in [4.78, 5) is 26.7. The summed E-state index contributed by atoms with van der Waals surface area (Å²) in [7, 11) is 0. The average molecular weight is 471 g/mol. The molecule has 166 valence electrons. The highest BCUT2D eigenvalue weighted by Crippen LogP contribution is 2.37. The largest absolute Gasteiger partial charge is 0.481 e. The van der Waals surface area contributed by atoms with Crippen LogP contribution in [0.1, 0.15) is 29.9 Å². The first-order valence-electron chi connectivity index (χ1n) is 10.4. The number of hydrogen-bond donors (Lipinski definition) is 1. The van der Waals surface area contributed by atoms with Gasteiger partial charge >= 0.3 is 5.97 Å². The van der Waals surface area contributed by atoms with Gasteiger partial charge in [-0.2, -0.15) is 0 Å². The lowest BCUT2D eigenvalue weighted by atomic mass is 9.96. The van der Waals surface area contributed by atoms with Crippen LogP contribution in [0.15, 0.2) is 40.3 Å². The summed E-state index contributed by atoms with van der Waals surface area (Å²) < 4.78 is 9.52. The van der Waals surface area contributed by atoms with Crippen LogP contribution in [0.3, 0.4) is 0 Å². The molecule has 0 fully saturated rings. The number of thioether (sulfide) groups is 1. The van der Waals surface area contributed by atoms with E-state index in [9.17, 15) is 9.59 Å². The highest BCUT2D eigenvalue weighted by atomic mass is 32.2. The van der Waals surface area contributed by atoms with Crippen molar-refractivity contribution in [2.24, 2.45) is 5.92 Å². The zero-order chi connectivity index (χ0) is 22.4. The highest BCUT2D eigenvalue weighted by molar-refractivity contribution is 7.99. The molecule has 4 heterocycles. The van der Waals surface area contributed by atoms with Crippen molar-refractivity contribution < 1.29 is 14.6 Å². The molecular weight excluding hydrogens is 448 g/mol. The van der Waals surface area contributed by atoms with E-state index in [0.29, 0.717) is 41.8 Å². The second-order valence-corrected chi connectivity index (χ2v) is 10.2. The first-order chi connectivity index (χ1) is 15.4. The predicted molar refractivity (Wildman–Crippen MR) is 124 cm³/mol. The molecule has 3 aromatic heterocycles. The summed E-state index contributed by atoms with van der Waals surface area (Å²) in [6.45, 7) is 5.07. The Hall–Kier alpha value is -2.69. The monoisotopic (exact) mass is 470 g/mol. The van der Waals surface area contributed by atoms with Crippen molar-refractivity contribution in [3.63, 3.8) is 0 Å². The fourth-order valence-electron chi connectivity index (χ4n) is 4.05. The number of thiophene rings is 1. The Balaban J connectivity index is 1.76. The summed E-state index contributed by atoms with van der Waals surface area (Å²) in [6.07, 6.45) is 0.735. The third-order valence-corrected chi connectivity index (χ3v) is 7.78. The van der Waals surface area contributed by atoms with Gasteiger partial charge in [-0.15, -0.1) is 21.5 Å². The molecule has 0 radical (unpaired) electrons. The second-order valence-electron chi connectivity index (χ2n) is 8.16. The summed E-state index contributed by atoms with van der Waals surface area (Å²) in [5, 5.41) is 18.8. The van der Waals surface area contributed by atoms with Gasteiger partial charge in [0.05, 0.1) is 30.4 Å². The molecular formula is C22H22N4O4S2. The van der Waals surface area contributed by atoms with Crippen LogP contribution in [0.4, 0.5) is 0 Å². The first kappa shape index (κ1) is 21.2. The molecule has 0 spiro atoms. The molecule has 5 rings (SSSR count). The number of hydrogen-bond acceptors (Lipinski definition) is 7. The molecule has 0 saturated carbocycles. The fraction of sp³-hybridized carbons (Fsp3) is 0.364. The lowest BCUT2D eigenvalue weighted by Crippen LogP contribution is -2.28. The number of nitrogens with zero attached hydrogens (tertiary/aromatic N) is 4. The van der Waals surface area contributed by atoms with Gasteiger partial charge < -0.3 is 9.84 Å². The van der Waals surface area contributed by atoms with Crippen LogP contribution in [0, 0.1) is 5.92 Å². The van der Waals surface area contributed by atoms with Crippen LogP contribution in [0.2, 0.25) is 0 Å².